The minimum atomic E-state index is -0.552. The molecule has 5 rings (SSSR count). The number of fused-ring (bicyclic) bond motifs is 2. The van der Waals surface area contributed by atoms with Crippen LogP contribution in [0.1, 0.15) is 27.7 Å². The Kier molecular flexibility index (Phi) is 5.29. The van der Waals surface area contributed by atoms with Crippen molar-refractivity contribution >= 4 is 25.2 Å². The lowest BCUT2D eigenvalue weighted by atomic mass is 9.79. The Morgan fingerprint density at radius 2 is 0.938 bits per heavy atom. The van der Waals surface area contributed by atoms with Crippen LogP contribution in [-0.4, -0.2) is 26.4 Å². The fraction of sp³-hybridized carbons (Fsp3) is 0.250. The highest BCUT2D eigenvalue weighted by atomic mass is 16.6. The Morgan fingerprint density at radius 1 is 0.562 bits per heavy atom. The van der Waals surface area contributed by atoms with Gasteiger partial charge in [0.05, 0.1) is 12.2 Å². The van der Waals surface area contributed by atoms with Crippen LogP contribution in [-0.2, 0) is 0 Å². The van der Waals surface area contributed by atoms with Crippen LogP contribution in [0.2, 0.25) is 0 Å². The van der Waals surface area contributed by atoms with Gasteiger partial charge in [0.2, 0.25) is 0 Å². The monoisotopic (exact) mass is 430 g/mol. The molecule has 0 fully saturated rings. The molecule has 2 heterocycles. The van der Waals surface area contributed by atoms with Gasteiger partial charge in [-0.2, -0.15) is 0 Å². The number of rotatable bonds is 6. The maximum absolute atomic E-state index is 6.05. The van der Waals surface area contributed by atoms with Crippen LogP contribution in [0, 0.1) is 0 Å². The van der Waals surface area contributed by atoms with Gasteiger partial charge in [-0.1, -0.05) is 24.3 Å². The van der Waals surface area contributed by atoms with E-state index in [0.717, 1.165) is 22.4 Å². The second-order valence-corrected chi connectivity index (χ2v) is 8.36. The molecule has 0 amide bonds. The van der Waals surface area contributed by atoms with Crippen LogP contribution in [0.4, 0.5) is 0 Å². The van der Waals surface area contributed by atoms with E-state index in [0.29, 0.717) is 23.0 Å². The summed E-state index contributed by atoms with van der Waals surface area (Å²) in [5.74, 6) is 4.02. The van der Waals surface area contributed by atoms with Crippen molar-refractivity contribution < 1.29 is 28.1 Å². The molecule has 0 aliphatic carbocycles. The normalized spacial score (nSPS) is 13.8. The van der Waals surface area contributed by atoms with Crippen molar-refractivity contribution in [3.63, 3.8) is 0 Å². The lowest BCUT2D eigenvalue weighted by molar-refractivity contribution is 0.242. The molecule has 0 atom stereocenters. The summed E-state index contributed by atoms with van der Waals surface area (Å²) in [7, 11) is -1.10. The van der Waals surface area contributed by atoms with E-state index in [1.807, 2.05) is 88.4 Å². The zero-order valence-electron chi connectivity index (χ0n) is 18.5. The average molecular weight is 430 g/mol. The standard InChI is InChI=1S/C24H24B2O6/c1-15(2)27-19-9-5-7-17(11-19)25-29-21-13-23-24(14-22(21)30-25)32-26(31-23)18-8-6-10-20(12-18)28-16(3)4/h5-16H,1-4H3. The minimum absolute atomic E-state index is 0.0932. The molecule has 0 saturated carbocycles. The molecule has 0 aromatic heterocycles. The number of hydrogen-bond donors (Lipinski definition) is 0. The molecule has 0 saturated heterocycles. The van der Waals surface area contributed by atoms with Crippen molar-refractivity contribution in [2.45, 2.75) is 39.9 Å². The molecule has 3 aromatic carbocycles. The largest absolute Gasteiger partial charge is 0.632 e. The van der Waals surface area contributed by atoms with Crippen LogP contribution in [0.25, 0.3) is 0 Å². The highest BCUT2D eigenvalue weighted by Gasteiger charge is 2.40. The Labute approximate surface area is 188 Å². The Bertz CT molecular complexity index is 1010. The Balaban J connectivity index is 1.31. The lowest BCUT2D eigenvalue weighted by Crippen LogP contribution is -2.39. The zero-order chi connectivity index (χ0) is 22.2. The predicted molar refractivity (Wildman–Crippen MR) is 124 cm³/mol. The van der Waals surface area contributed by atoms with Crippen molar-refractivity contribution in [3.8, 4) is 34.5 Å². The van der Waals surface area contributed by atoms with Gasteiger partial charge in [-0.3, -0.25) is 0 Å². The van der Waals surface area contributed by atoms with Crippen LogP contribution >= 0.6 is 0 Å². The summed E-state index contributed by atoms with van der Waals surface area (Å²) in [6.07, 6.45) is 0.186. The van der Waals surface area contributed by atoms with Crippen molar-refractivity contribution in [1.82, 2.24) is 0 Å². The first-order chi connectivity index (χ1) is 15.4. The smallest absolute Gasteiger partial charge is 0.519 e. The van der Waals surface area contributed by atoms with Gasteiger partial charge in [0, 0.05) is 23.1 Å². The SMILES string of the molecule is CC(C)Oc1cccc(B2Oc3cc4c(cc3O2)OB(c2cccc(OC(C)C)c2)O4)c1. The second kappa shape index (κ2) is 8.26. The fourth-order valence-corrected chi connectivity index (χ4v) is 3.69. The van der Waals surface area contributed by atoms with E-state index in [2.05, 4.69) is 0 Å². The molecule has 162 valence electrons. The fourth-order valence-electron chi connectivity index (χ4n) is 3.69. The highest BCUT2D eigenvalue weighted by molar-refractivity contribution is 6.64. The maximum atomic E-state index is 6.05. The maximum Gasteiger partial charge on any atom is 0.632 e. The van der Waals surface area contributed by atoms with Crippen molar-refractivity contribution in [1.29, 1.82) is 0 Å². The van der Waals surface area contributed by atoms with Crippen molar-refractivity contribution in [3.05, 3.63) is 60.7 Å². The molecule has 0 spiro atoms. The van der Waals surface area contributed by atoms with E-state index in [-0.39, 0.29) is 12.2 Å². The van der Waals surface area contributed by atoms with E-state index in [1.54, 1.807) is 0 Å². The summed E-state index contributed by atoms with van der Waals surface area (Å²) in [4.78, 5) is 0. The molecule has 2 aliphatic heterocycles. The molecule has 8 heteroatoms. The van der Waals surface area contributed by atoms with Gasteiger partial charge >= 0.3 is 14.2 Å². The highest BCUT2D eigenvalue weighted by Crippen LogP contribution is 2.45. The molecule has 6 nitrogen and oxygen atoms in total. The minimum Gasteiger partial charge on any atom is -0.519 e. The van der Waals surface area contributed by atoms with Crippen LogP contribution < -0.4 is 39.0 Å². The van der Waals surface area contributed by atoms with E-state index in [9.17, 15) is 0 Å². The molecule has 2 aliphatic rings. The summed E-state index contributed by atoms with van der Waals surface area (Å²) in [5, 5.41) is 0. The summed E-state index contributed by atoms with van der Waals surface area (Å²) in [6.45, 7) is 7.97. The summed E-state index contributed by atoms with van der Waals surface area (Å²) in [6, 6.07) is 19.1. The first-order valence-electron chi connectivity index (χ1n) is 10.8. The van der Waals surface area contributed by atoms with Crippen molar-refractivity contribution in [2.75, 3.05) is 0 Å². The third-order valence-electron chi connectivity index (χ3n) is 4.95. The van der Waals surface area contributed by atoms with Gasteiger partial charge in [0.25, 0.3) is 0 Å². The molecule has 3 aromatic rings. The Hall–Kier alpha value is -3.41. The third kappa shape index (κ3) is 4.17. The summed E-state index contributed by atoms with van der Waals surface area (Å²) < 4.78 is 35.8. The van der Waals surface area contributed by atoms with Crippen LogP contribution in [0.15, 0.2) is 60.7 Å². The number of hydrogen-bond acceptors (Lipinski definition) is 6. The van der Waals surface area contributed by atoms with Gasteiger partial charge < -0.3 is 28.1 Å². The summed E-state index contributed by atoms with van der Waals surface area (Å²) in [5.41, 5.74) is 1.75. The van der Waals surface area contributed by atoms with Gasteiger partial charge in [-0.05, 0) is 52.0 Å². The van der Waals surface area contributed by atoms with E-state index in [4.69, 9.17) is 28.1 Å². The lowest BCUT2D eigenvalue weighted by Gasteiger charge is -2.12. The first kappa shape index (κ1) is 20.5. The van der Waals surface area contributed by atoms with Gasteiger partial charge in [-0.25, -0.2) is 0 Å². The van der Waals surface area contributed by atoms with Gasteiger partial charge in [0.15, 0.2) is 0 Å². The van der Waals surface area contributed by atoms with Gasteiger partial charge in [-0.15, -0.1) is 0 Å². The van der Waals surface area contributed by atoms with E-state index < -0.39 is 14.2 Å². The van der Waals surface area contributed by atoms with Crippen molar-refractivity contribution in [2.24, 2.45) is 0 Å². The zero-order valence-corrected chi connectivity index (χ0v) is 18.5. The quantitative estimate of drug-likeness (QED) is 0.558. The molecule has 0 radical (unpaired) electrons. The molecule has 32 heavy (non-hydrogen) atoms. The molecule has 0 unspecified atom stereocenters. The van der Waals surface area contributed by atoms with E-state index >= 15 is 0 Å². The Morgan fingerprint density at radius 3 is 1.28 bits per heavy atom. The summed E-state index contributed by atoms with van der Waals surface area (Å²) >= 11 is 0. The van der Waals surface area contributed by atoms with Crippen LogP contribution in [0.5, 0.6) is 34.5 Å². The number of ether oxygens (including phenoxy) is 2. The average Bonchev–Trinajstić information content (AvgIpc) is 3.34. The van der Waals surface area contributed by atoms with Crippen LogP contribution in [0.3, 0.4) is 0 Å². The van der Waals surface area contributed by atoms with E-state index in [1.165, 1.54) is 0 Å². The molecule has 0 N–H and O–H groups in total. The topological polar surface area (TPSA) is 55.4 Å². The number of benzene rings is 3. The third-order valence-corrected chi connectivity index (χ3v) is 4.95. The molecule has 0 bridgehead atoms. The van der Waals surface area contributed by atoms with Gasteiger partial charge in [0.1, 0.15) is 34.5 Å². The predicted octanol–water partition coefficient (Wildman–Crippen LogP) is 3.59. The first-order valence-corrected chi connectivity index (χ1v) is 10.8. The second-order valence-electron chi connectivity index (χ2n) is 8.36. The molecular weight excluding hydrogens is 406 g/mol. The molecular formula is C24H24B2O6.